The Morgan fingerprint density at radius 1 is 1.36 bits per heavy atom. The predicted molar refractivity (Wildman–Crippen MR) is 60.0 cm³/mol. The van der Waals surface area contributed by atoms with Crippen LogP contribution in [-0.4, -0.2) is 12.4 Å². The zero-order chi connectivity index (χ0) is 10.1. The van der Waals surface area contributed by atoms with Crippen molar-refractivity contribution in [3.8, 4) is 0 Å². The minimum Gasteiger partial charge on any atom is -0.386 e. The van der Waals surface area contributed by atoms with Gasteiger partial charge in [-0.05, 0) is 12.1 Å². The molecule has 2 N–H and O–H groups in total. The van der Waals surface area contributed by atoms with Gasteiger partial charge in [0.25, 0.3) is 0 Å². The van der Waals surface area contributed by atoms with E-state index in [1.807, 2.05) is 12.1 Å². The molecule has 0 spiro atoms. The van der Waals surface area contributed by atoms with E-state index in [2.05, 4.69) is 5.10 Å². The summed E-state index contributed by atoms with van der Waals surface area (Å²) in [7, 11) is 0. The number of hydrogen-bond acceptors (Lipinski definition) is 3. The summed E-state index contributed by atoms with van der Waals surface area (Å²) in [5, 5.41) is 6.97. The van der Waals surface area contributed by atoms with E-state index < -0.39 is 0 Å². The second kappa shape index (κ2) is 3.67. The van der Waals surface area contributed by atoms with Crippen molar-refractivity contribution in [3.05, 3.63) is 28.2 Å². The summed E-state index contributed by atoms with van der Waals surface area (Å²) in [5.41, 5.74) is 6.39. The molecule has 0 unspecified atom stereocenters. The van der Waals surface area contributed by atoms with E-state index in [4.69, 9.17) is 28.9 Å². The molecule has 0 atom stereocenters. The highest BCUT2D eigenvalue weighted by Crippen LogP contribution is 2.33. The van der Waals surface area contributed by atoms with Gasteiger partial charge in [-0.2, -0.15) is 5.10 Å². The van der Waals surface area contributed by atoms with Crippen molar-refractivity contribution in [2.24, 2.45) is 10.8 Å². The van der Waals surface area contributed by atoms with Crippen LogP contribution in [0.25, 0.3) is 0 Å². The Bertz CT molecular complexity index is 390. The number of rotatable bonds is 1. The first kappa shape index (κ1) is 9.62. The van der Waals surface area contributed by atoms with Crippen molar-refractivity contribution in [1.29, 1.82) is 0 Å². The molecule has 0 saturated heterocycles. The molecular formula is C9H9Cl2N3. The molecule has 1 aliphatic rings. The molecule has 3 nitrogen and oxygen atoms in total. The predicted octanol–water partition coefficient (Wildman–Crippen LogP) is 2.48. The van der Waals surface area contributed by atoms with Gasteiger partial charge in [0.1, 0.15) is 5.84 Å². The van der Waals surface area contributed by atoms with Crippen molar-refractivity contribution in [1.82, 2.24) is 0 Å². The molecule has 0 aromatic heterocycles. The standard InChI is InChI=1S/C9H9Cl2N3/c10-6-2-1-3-7(9(6)11)14-5-4-8(12)13-14/h1-3H,4-5H2,(H2,12,13). The topological polar surface area (TPSA) is 41.6 Å². The van der Waals surface area contributed by atoms with Gasteiger partial charge in [-0.3, -0.25) is 5.01 Å². The van der Waals surface area contributed by atoms with Gasteiger partial charge >= 0.3 is 0 Å². The van der Waals surface area contributed by atoms with Crippen LogP contribution >= 0.6 is 23.2 Å². The fourth-order valence-electron chi connectivity index (χ4n) is 1.34. The molecular weight excluding hydrogens is 221 g/mol. The maximum atomic E-state index is 6.04. The van der Waals surface area contributed by atoms with Gasteiger partial charge in [0.05, 0.1) is 15.7 Å². The number of nitrogens with zero attached hydrogens (tertiary/aromatic N) is 2. The summed E-state index contributed by atoms with van der Waals surface area (Å²) < 4.78 is 0. The zero-order valence-corrected chi connectivity index (χ0v) is 8.89. The Kier molecular flexibility index (Phi) is 2.52. The molecule has 0 fully saturated rings. The Morgan fingerprint density at radius 3 is 2.79 bits per heavy atom. The summed E-state index contributed by atoms with van der Waals surface area (Å²) in [6, 6.07) is 5.46. The van der Waals surface area contributed by atoms with Crippen LogP contribution in [0.5, 0.6) is 0 Å². The van der Waals surface area contributed by atoms with Crippen molar-refractivity contribution < 1.29 is 0 Å². The molecule has 14 heavy (non-hydrogen) atoms. The lowest BCUT2D eigenvalue weighted by Crippen LogP contribution is -2.12. The average molecular weight is 230 g/mol. The highest BCUT2D eigenvalue weighted by atomic mass is 35.5. The van der Waals surface area contributed by atoms with E-state index in [0.717, 1.165) is 18.7 Å². The molecule has 0 radical (unpaired) electrons. The quantitative estimate of drug-likeness (QED) is 0.805. The molecule has 5 heteroatoms. The van der Waals surface area contributed by atoms with Crippen molar-refractivity contribution in [2.45, 2.75) is 6.42 Å². The molecule has 74 valence electrons. The third-order valence-corrected chi connectivity index (χ3v) is 2.85. The third-order valence-electron chi connectivity index (χ3n) is 2.04. The second-order valence-corrected chi connectivity index (χ2v) is 3.82. The minimum absolute atomic E-state index is 0.521. The van der Waals surface area contributed by atoms with Crippen LogP contribution in [0.3, 0.4) is 0 Å². The van der Waals surface area contributed by atoms with Gasteiger partial charge in [0.15, 0.2) is 0 Å². The van der Waals surface area contributed by atoms with Crippen molar-refractivity contribution in [3.63, 3.8) is 0 Å². The van der Waals surface area contributed by atoms with Crippen LogP contribution in [-0.2, 0) is 0 Å². The molecule has 0 bridgehead atoms. The van der Waals surface area contributed by atoms with E-state index in [-0.39, 0.29) is 0 Å². The van der Waals surface area contributed by atoms with Crippen LogP contribution in [0, 0.1) is 0 Å². The van der Waals surface area contributed by atoms with Crippen molar-refractivity contribution >= 4 is 34.7 Å². The van der Waals surface area contributed by atoms with Gasteiger partial charge in [0.2, 0.25) is 0 Å². The Morgan fingerprint density at radius 2 is 2.14 bits per heavy atom. The normalized spacial score (nSPS) is 15.9. The number of halogens is 2. The molecule has 1 aliphatic heterocycles. The van der Waals surface area contributed by atoms with E-state index >= 15 is 0 Å². The molecule has 1 aromatic rings. The van der Waals surface area contributed by atoms with Crippen LogP contribution in [0.15, 0.2) is 23.3 Å². The number of benzene rings is 1. The van der Waals surface area contributed by atoms with Crippen molar-refractivity contribution in [2.75, 3.05) is 11.6 Å². The largest absolute Gasteiger partial charge is 0.386 e. The number of anilines is 1. The number of hydrazone groups is 1. The number of amidine groups is 1. The van der Waals surface area contributed by atoms with E-state index in [9.17, 15) is 0 Å². The lowest BCUT2D eigenvalue weighted by molar-refractivity contribution is 0.922. The van der Waals surface area contributed by atoms with E-state index in [0.29, 0.717) is 15.9 Å². The molecule has 0 amide bonds. The second-order valence-electron chi connectivity index (χ2n) is 3.04. The highest BCUT2D eigenvalue weighted by molar-refractivity contribution is 6.43. The van der Waals surface area contributed by atoms with Gasteiger partial charge in [-0.1, -0.05) is 29.3 Å². The Balaban J connectivity index is 2.37. The summed E-state index contributed by atoms with van der Waals surface area (Å²) >= 11 is 11.9. The van der Waals surface area contributed by atoms with Crippen LogP contribution < -0.4 is 10.7 Å². The van der Waals surface area contributed by atoms with E-state index in [1.54, 1.807) is 11.1 Å². The maximum Gasteiger partial charge on any atom is 0.122 e. The highest BCUT2D eigenvalue weighted by Gasteiger charge is 2.16. The van der Waals surface area contributed by atoms with Crippen LogP contribution in [0.4, 0.5) is 5.69 Å². The lowest BCUT2D eigenvalue weighted by atomic mass is 10.3. The number of hydrogen-bond donors (Lipinski definition) is 1. The van der Waals surface area contributed by atoms with Gasteiger partial charge in [-0.15, -0.1) is 0 Å². The first-order valence-corrected chi connectivity index (χ1v) is 4.98. The summed E-state index contributed by atoms with van der Waals surface area (Å²) in [6.07, 6.45) is 0.767. The molecule has 0 saturated carbocycles. The van der Waals surface area contributed by atoms with Crippen LogP contribution in [0.1, 0.15) is 6.42 Å². The third kappa shape index (κ3) is 1.65. The zero-order valence-electron chi connectivity index (χ0n) is 7.37. The van der Waals surface area contributed by atoms with Gasteiger partial charge in [-0.25, -0.2) is 0 Å². The Hall–Kier alpha value is -0.930. The Labute approximate surface area is 92.1 Å². The van der Waals surface area contributed by atoms with Gasteiger partial charge in [0, 0.05) is 13.0 Å². The minimum atomic E-state index is 0.521. The monoisotopic (exact) mass is 229 g/mol. The summed E-state index contributed by atoms with van der Waals surface area (Å²) in [6.45, 7) is 0.756. The molecule has 0 aliphatic carbocycles. The van der Waals surface area contributed by atoms with Gasteiger partial charge < -0.3 is 5.73 Å². The SMILES string of the molecule is NC1=NN(c2cccc(Cl)c2Cl)CC1. The first-order valence-electron chi connectivity index (χ1n) is 4.23. The first-order chi connectivity index (χ1) is 6.68. The lowest BCUT2D eigenvalue weighted by Gasteiger charge is -2.15. The van der Waals surface area contributed by atoms with E-state index in [1.165, 1.54) is 0 Å². The number of nitrogens with two attached hydrogens (primary N) is 1. The smallest absolute Gasteiger partial charge is 0.122 e. The summed E-state index contributed by atoms with van der Waals surface area (Å²) in [4.78, 5) is 0. The molecule has 1 heterocycles. The van der Waals surface area contributed by atoms with Crippen LogP contribution in [0.2, 0.25) is 10.0 Å². The fraction of sp³-hybridized carbons (Fsp3) is 0.222. The molecule has 2 rings (SSSR count). The summed E-state index contributed by atoms with van der Waals surface area (Å²) in [5.74, 6) is 0.626. The molecule has 1 aromatic carbocycles. The fourth-order valence-corrected chi connectivity index (χ4v) is 1.73. The maximum absolute atomic E-state index is 6.04. The average Bonchev–Trinajstić information content (AvgIpc) is 2.57.